The van der Waals surface area contributed by atoms with E-state index in [0.717, 1.165) is 38.1 Å². The fraction of sp³-hybridized carbons (Fsp3) is 0.893. The van der Waals surface area contributed by atoms with Gasteiger partial charge in [-0.15, -0.1) is 0 Å². The lowest BCUT2D eigenvalue weighted by Gasteiger charge is -2.55. The molecule has 4 aliphatic rings. The number of likely N-dealkylation sites (tertiary alicyclic amines) is 1. The van der Waals surface area contributed by atoms with E-state index in [9.17, 15) is 9.90 Å². The molecule has 0 radical (unpaired) electrons. The average molecular weight is 430 g/mol. The number of nitrogens with zero attached hydrogens (tertiary/aromatic N) is 1. The molecule has 3 heteroatoms. The normalized spacial score (nSPS) is 41.1. The predicted octanol–water partition coefficient (Wildman–Crippen LogP) is 6.35. The van der Waals surface area contributed by atoms with Gasteiger partial charge in [0.05, 0.1) is 12.1 Å². The molecule has 3 nitrogen and oxygen atoms in total. The van der Waals surface area contributed by atoms with Crippen molar-refractivity contribution in [2.24, 2.45) is 34.5 Å². The second-order valence-electron chi connectivity index (χ2n) is 12.6. The number of rotatable bonds is 5. The smallest absolute Gasteiger partial charge is 0.219 e. The van der Waals surface area contributed by atoms with Crippen LogP contribution in [0, 0.1) is 34.5 Å². The van der Waals surface area contributed by atoms with Crippen LogP contribution in [0.25, 0.3) is 0 Å². The highest BCUT2D eigenvalue weighted by Crippen LogP contribution is 2.63. The highest BCUT2D eigenvalue weighted by atomic mass is 16.3. The third-order valence-corrected chi connectivity index (χ3v) is 10.2. The van der Waals surface area contributed by atoms with Crippen LogP contribution in [0.5, 0.6) is 0 Å². The summed E-state index contributed by atoms with van der Waals surface area (Å²) in [6.45, 7) is 14.9. The van der Waals surface area contributed by atoms with E-state index in [1.807, 2.05) is 0 Å². The first-order valence-corrected chi connectivity index (χ1v) is 13.3. The number of aliphatic hydroxyl groups excluding tert-OH is 1. The lowest BCUT2D eigenvalue weighted by molar-refractivity contribution is -0.130. The molecule has 31 heavy (non-hydrogen) atoms. The topological polar surface area (TPSA) is 40.5 Å². The minimum absolute atomic E-state index is 0.106. The fourth-order valence-corrected chi connectivity index (χ4v) is 8.38. The molecule has 4 rings (SSSR count). The Bertz CT molecular complexity index is 727. The Morgan fingerprint density at radius 1 is 1.13 bits per heavy atom. The number of hydrogen-bond donors (Lipinski definition) is 1. The second-order valence-corrected chi connectivity index (χ2v) is 12.6. The zero-order chi connectivity index (χ0) is 22.6. The predicted molar refractivity (Wildman–Crippen MR) is 128 cm³/mol. The zero-order valence-electron chi connectivity index (χ0n) is 21.0. The van der Waals surface area contributed by atoms with E-state index < -0.39 is 0 Å². The summed E-state index contributed by atoms with van der Waals surface area (Å²) in [7, 11) is 0. The maximum absolute atomic E-state index is 12.9. The number of aliphatic hydroxyl groups is 1. The molecule has 1 N–H and O–H groups in total. The summed E-state index contributed by atoms with van der Waals surface area (Å²) in [5.74, 6) is 2.96. The summed E-state index contributed by atoms with van der Waals surface area (Å²) in [4.78, 5) is 15.1. The van der Waals surface area contributed by atoms with Crippen molar-refractivity contribution in [3.05, 3.63) is 11.1 Å². The molecular weight excluding hydrogens is 382 g/mol. The minimum Gasteiger partial charge on any atom is -0.393 e. The summed E-state index contributed by atoms with van der Waals surface area (Å²) in [6.07, 6.45) is 11.6. The van der Waals surface area contributed by atoms with E-state index in [0.29, 0.717) is 23.8 Å². The molecule has 0 aromatic rings. The van der Waals surface area contributed by atoms with Crippen molar-refractivity contribution in [3.63, 3.8) is 0 Å². The first-order chi connectivity index (χ1) is 14.6. The van der Waals surface area contributed by atoms with E-state index in [4.69, 9.17) is 0 Å². The fourth-order valence-electron chi connectivity index (χ4n) is 8.38. The van der Waals surface area contributed by atoms with Crippen LogP contribution in [-0.4, -0.2) is 34.6 Å². The van der Waals surface area contributed by atoms with Crippen LogP contribution in [0.3, 0.4) is 0 Å². The second kappa shape index (κ2) is 8.50. The SMILES string of the molecule is CC(=O)N1C[C@H]([C@H](C)CCCC(C)C)[C@@]2(C)CCC3=C(CC[C@H]4C[C@@H](O)CC[C@]34C)[C@H]12. The minimum atomic E-state index is -0.106. The molecule has 0 aromatic carbocycles. The van der Waals surface area contributed by atoms with Crippen LogP contribution in [0.2, 0.25) is 0 Å². The van der Waals surface area contributed by atoms with Gasteiger partial charge in [0.25, 0.3) is 0 Å². The first kappa shape index (κ1) is 23.3. The van der Waals surface area contributed by atoms with Crippen LogP contribution in [0.4, 0.5) is 0 Å². The highest BCUT2D eigenvalue weighted by Gasteiger charge is 2.59. The van der Waals surface area contributed by atoms with Crippen molar-refractivity contribution in [3.8, 4) is 0 Å². The van der Waals surface area contributed by atoms with E-state index >= 15 is 0 Å². The van der Waals surface area contributed by atoms with Gasteiger partial charge in [0.2, 0.25) is 5.91 Å². The largest absolute Gasteiger partial charge is 0.393 e. The van der Waals surface area contributed by atoms with Gasteiger partial charge in [-0.05, 0) is 85.0 Å². The summed E-state index contributed by atoms with van der Waals surface area (Å²) in [6, 6.07) is 0.316. The Kier molecular flexibility index (Phi) is 6.40. The summed E-state index contributed by atoms with van der Waals surface area (Å²) in [5, 5.41) is 10.3. The van der Waals surface area contributed by atoms with Gasteiger partial charge in [0.15, 0.2) is 0 Å². The number of allylic oxidation sites excluding steroid dienone is 1. The van der Waals surface area contributed by atoms with Crippen molar-refractivity contribution in [1.82, 2.24) is 4.90 Å². The molecule has 0 bridgehead atoms. The molecule has 0 aromatic heterocycles. The van der Waals surface area contributed by atoms with Gasteiger partial charge < -0.3 is 10.0 Å². The Morgan fingerprint density at radius 2 is 1.87 bits per heavy atom. The summed E-state index contributed by atoms with van der Waals surface area (Å²) >= 11 is 0. The number of carbonyl (C=O) groups is 1. The van der Waals surface area contributed by atoms with Gasteiger partial charge in [-0.3, -0.25) is 4.79 Å². The zero-order valence-corrected chi connectivity index (χ0v) is 21.0. The number of fused-ring (bicyclic) bond motifs is 4. The maximum atomic E-state index is 12.9. The van der Waals surface area contributed by atoms with Gasteiger partial charge in [-0.1, -0.05) is 59.5 Å². The van der Waals surface area contributed by atoms with E-state index in [1.54, 1.807) is 18.1 Å². The van der Waals surface area contributed by atoms with Crippen molar-refractivity contribution in [1.29, 1.82) is 0 Å². The molecule has 1 amide bonds. The Labute approximate surface area is 191 Å². The molecule has 3 aliphatic carbocycles. The molecule has 176 valence electrons. The lowest BCUT2D eigenvalue weighted by Crippen LogP contribution is -2.50. The molecule has 1 heterocycles. The standard InChI is InChI=1S/C28H47NO2/c1-18(2)8-7-9-19(3)25-17-29(20(4)30)26-23-11-10-21-16-22(31)12-14-27(21,5)24(23)13-15-28(25,26)6/h18-19,21-22,25-26,31H,7-17H2,1-6H3/t19-,21+,22+,25-,26+,27+,28-/m1/s1. The first-order valence-electron chi connectivity index (χ1n) is 13.3. The van der Waals surface area contributed by atoms with Crippen molar-refractivity contribution in [2.75, 3.05) is 6.54 Å². The molecule has 0 unspecified atom stereocenters. The Morgan fingerprint density at radius 3 is 2.55 bits per heavy atom. The highest BCUT2D eigenvalue weighted by molar-refractivity contribution is 5.75. The van der Waals surface area contributed by atoms with Gasteiger partial charge in [-0.2, -0.15) is 0 Å². The molecule has 1 saturated carbocycles. The van der Waals surface area contributed by atoms with Crippen LogP contribution in [-0.2, 0) is 4.79 Å². The van der Waals surface area contributed by atoms with Gasteiger partial charge in [0.1, 0.15) is 0 Å². The average Bonchev–Trinajstić information content (AvgIpc) is 3.02. The summed E-state index contributed by atoms with van der Waals surface area (Å²) in [5.41, 5.74) is 3.80. The van der Waals surface area contributed by atoms with Crippen LogP contribution in [0.1, 0.15) is 106 Å². The number of hydrogen-bond acceptors (Lipinski definition) is 2. The van der Waals surface area contributed by atoms with Crippen LogP contribution >= 0.6 is 0 Å². The summed E-state index contributed by atoms with van der Waals surface area (Å²) < 4.78 is 0. The van der Waals surface area contributed by atoms with Gasteiger partial charge >= 0.3 is 0 Å². The number of carbonyl (C=O) groups excluding carboxylic acids is 1. The van der Waals surface area contributed by atoms with Crippen molar-refractivity contribution < 1.29 is 9.90 Å². The van der Waals surface area contributed by atoms with E-state index in [2.05, 4.69) is 39.5 Å². The molecule has 1 aliphatic heterocycles. The van der Waals surface area contributed by atoms with Crippen LogP contribution < -0.4 is 0 Å². The molecule has 7 atom stereocenters. The van der Waals surface area contributed by atoms with E-state index in [1.165, 1.54) is 38.5 Å². The third kappa shape index (κ3) is 3.91. The van der Waals surface area contributed by atoms with Gasteiger partial charge in [-0.25, -0.2) is 0 Å². The molecule has 0 spiro atoms. The lowest BCUT2D eigenvalue weighted by atomic mass is 9.51. The monoisotopic (exact) mass is 429 g/mol. The van der Waals surface area contributed by atoms with Crippen LogP contribution in [0.15, 0.2) is 11.1 Å². The van der Waals surface area contributed by atoms with Gasteiger partial charge in [0, 0.05) is 13.5 Å². The molecule has 1 saturated heterocycles. The van der Waals surface area contributed by atoms with E-state index in [-0.39, 0.29) is 22.8 Å². The number of amides is 1. The van der Waals surface area contributed by atoms with Crippen molar-refractivity contribution >= 4 is 5.91 Å². The molecular formula is C28H47NO2. The maximum Gasteiger partial charge on any atom is 0.219 e. The Hall–Kier alpha value is -0.830. The molecule has 2 fully saturated rings. The third-order valence-electron chi connectivity index (χ3n) is 10.2. The van der Waals surface area contributed by atoms with Crippen molar-refractivity contribution in [2.45, 2.75) is 118 Å². The Balaban J connectivity index is 1.64. The quantitative estimate of drug-likeness (QED) is 0.517.